The lowest BCUT2D eigenvalue weighted by molar-refractivity contribution is -0.142. The largest absolute Gasteiger partial charge is 0.416 e. The third-order valence-electron chi connectivity index (χ3n) is 6.99. The SMILES string of the molecule is CCN(CC)CCN1C(=O)C(O)(c2ccc3ccccc3c2)c2c1cc(C(=O)NCCO)cc2C(F)(F)F. The number of benzene rings is 3. The molecule has 3 N–H and O–H groups in total. The third-order valence-corrected chi connectivity index (χ3v) is 6.99. The molecular formula is C28H30F3N3O4. The van der Waals surface area contributed by atoms with Crippen LogP contribution in [-0.2, 0) is 16.6 Å². The Bertz CT molecular complexity index is 1360. The minimum absolute atomic E-state index is 0.00997. The summed E-state index contributed by atoms with van der Waals surface area (Å²) in [5, 5.41) is 24.8. The van der Waals surface area contributed by atoms with E-state index < -0.39 is 34.7 Å². The summed E-state index contributed by atoms with van der Waals surface area (Å²) in [6.07, 6.45) is -4.97. The fourth-order valence-electron chi connectivity index (χ4n) is 4.94. The molecule has 7 nitrogen and oxygen atoms in total. The third kappa shape index (κ3) is 4.87. The van der Waals surface area contributed by atoms with Crippen molar-refractivity contribution < 1.29 is 33.0 Å². The van der Waals surface area contributed by atoms with Crippen LogP contribution in [0, 0.1) is 0 Å². The second-order valence-electron chi connectivity index (χ2n) is 9.15. The van der Waals surface area contributed by atoms with E-state index in [-0.39, 0.29) is 36.5 Å². The molecule has 0 aromatic heterocycles. The Morgan fingerprint density at radius 3 is 2.37 bits per heavy atom. The van der Waals surface area contributed by atoms with Gasteiger partial charge in [-0.1, -0.05) is 50.2 Å². The van der Waals surface area contributed by atoms with E-state index in [2.05, 4.69) is 5.32 Å². The van der Waals surface area contributed by atoms with Gasteiger partial charge in [-0.15, -0.1) is 0 Å². The highest BCUT2D eigenvalue weighted by molar-refractivity contribution is 6.11. The molecule has 1 atom stereocenters. The fraction of sp³-hybridized carbons (Fsp3) is 0.357. The van der Waals surface area contributed by atoms with E-state index in [1.165, 1.54) is 18.2 Å². The number of carbonyl (C=O) groups is 2. The molecule has 0 spiro atoms. The Morgan fingerprint density at radius 1 is 1.05 bits per heavy atom. The molecule has 10 heteroatoms. The van der Waals surface area contributed by atoms with Crippen LogP contribution in [0.2, 0.25) is 0 Å². The lowest BCUT2D eigenvalue weighted by Crippen LogP contribution is -2.44. The molecule has 4 rings (SSSR count). The molecule has 1 aliphatic heterocycles. The first-order valence-corrected chi connectivity index (χ1v) is 12.5. The highest BCUT2D eigenvalue weighted by Gasteiger charge is 2.56. The van der Waals surface area contributed by atoms with Crippen LogP contribution >= 0.6 is 0 Å². The van der Waals surface area contributed by atoms with Crippen molar-refractivity contribution >= 4 is 28.3 Å². The van der Waals surface area contributed by atoms with Crippen molar-refractivity contribution in [3.05, 3.63) is 76.9 Å². The van der Waals surface area contributed by atoms with E-state index in [0.29, 0.717) is 31.1 Å². The number of halogens is 3. The number of anilines is 1. The summed E-state index contributed by atoms with van der Waals surface area (Å²) in [4.78, 5) is 29.7. The van der Waals surface area contributed by atoms with Gasteiger partial charge in [0, 0.05) is 30.8 Å². The molecule has 202 valence electrons. The van der Waals surface area contributed by atoms with Crippen molar-refractivity contribution in [1.82, 2.24) is 10.2 Å². The molecule has 38 heavy (non-hydrogen) atoms. The van der Waals surface area contributed by atoms with Crippen LogP contribution in [0.4, 0.5) is 18.9 Å². The normalized spacial score (nSPS) is 17.4. The maximum absolute atomic E-state index is 14.5. The van der Waals surface area contributed by atoms with Crippen LogP contribution < -0.4 is 10.2 Å². The van der Waals surface area contributed by atoms with E-state index in [1.807, 2.05) is 30.9 Å². The molecule has 2 amide bonds. The molecule has 0 saturated heterocycles. The van der Waals surface area contributed by atoms with Crippen molar-refractivity contribution in [2.24, 2.45) is 0 Å². The number of rotatable bonds is 9. The first-order chi connectivity index (χ1) is 18.1. The van der Waals surface area contributed by atoms with Crippen molar-refractivity contribution in [2.75, 3.05) is 44.2 Å². The zero-order valence-electron chi connectivity index (χ0n) is 21.2. The molecule has 3 aromatic carbocycles. The van der Waals surface area contributed by atoms with Gasteiger partial charge in [0.1, 0.15) is 0 Å². The number of hydrogen-bond acceptors (Lipinski definition) is 5. The van der Waals surface area contributed by atoms with E-state index >= 15 is 0 Å². The number of aliphatic hydroxyl groups is 2. The molecule has 1 aliphatic rings. The predicted molar refractivity (Wildman–Crippen MR) is 138 cm³/mol. The molecule has 3 aromatic rings. The number of aliphatic hydroxyl groups excluding tert-OH is 1. The summed E-state index contributed by atoms with van der Waals surface area (Å²) >= 11 is 0. The Morgan fingerprint density at radius 2 is 1.74 bits per heavy atom. The fourth-order valence-corrected chi connectivity index (χ4v) is 4.94. The first-order valence-electron chi connectivity index (χ1n) is 12.5. The number of fused-ring (bicyclic) bond motifs is 2. The lowest BCUT2D eigenvalue weighted by atomic mass is 9.83. The number of nitrogens with zero attached hydrogens (tertiary/aromatic N) is 2. The van der Waals surface area contributed by atoms with Crippen LogP contribution in [0.1, 0.15) is 40.9 Å². The molecule has 0 bridgehead atoms. The smallest absolute Gasteiger partial charge is 0.395 e. The number of alkyl halides is 3. The van der Waals surface area contributed by atoms with Gasteiger partial charge in [-0.3, -0.25) is 9.59 Å². The van der Waals surface area contributed by atoms with E-state index in [0.717, 1.165) is 10.3 Å². The van der Waals surface area contributed by atoms with E-state index in [9.17, 15) is 27.9 Å². The Labute approximate surface area is 218 Å². The molecule has 0 saturated carbocycles. The van der Waals surface area contributed by atoms with Crippen LogP contribution in [0.5, 0.6) is 0 Å². The molecule has 0 fully saturated rings. The summed E-state index contributed by atoms with van der Waals surface area (Å²) in [5.41, 5.74) is -4.96. The molecule has 0 aliphatic carbocycles. The van der Waals surface area contributed by atoms with Gasteiger partial charge in [0.25, 0.3) is 11.8 Å². The van der Waals surface area contributed by atoms with Crippen molar-refractivity contribution in [3.63, 3.8) is 0 Å². The summed E-state index contributed by atoms with van der Waals surface area (Å²) < 4.78 is 43.5. The standard InChI is InChI=1S/C28H30F3N3O4/c1-3-33(4-2)12-13-34-23-17-20(25(36)32-11-14-35)16-22(28(29,30)31)24(23)27(38,26(34)37)21-10-9-18-7-5-6-8-19(18)15-21/h5-10,15-17,35,38H,3-4,11-14H2,1-2H3,(H,32,36). The average molecular weight is 530 g/mol. The minimum Gasteiger partial charge on any atom is -0.395 e. The van der Waals surface area contributed by atoms with Gasteiger partial charge in [-0.2, -0.15) is 13.2 Å². The highest BCUT2D eigenvalue weighted by Crippen LogP contribution is 2.51. The maximum atomic E-state index is 14.5. The molecule has 1 heterocycles. The van der Waals surface area contributed by atoms with E-state index in [4.69, 9.17) is 5.11 Å². The lowest BCUT2D eigenvalue weighted by Gasteiger charge is -2.26. The highest BCUT2D eigenvalue weighted by atomic mass is 19.4. The number of likely N-dealkylation sites (N-methyl/N-ethyl adjacent to an activating group) is 1. The van der Waals surface area contributed by atoms with Crippen LogP contribution in [0.3, 0.4) is 0 Å². The number of hydrogen-bond donors (Lipinski definition) is 3. The van der Waals surface area contributed by atoms with Crippen LogP contribution in [0.25, 0.3) is 10.8 Å². The van der Waals surface area contributed by atoms with Gasteiger partial charge in [-0.25, -0.2) is 0 Å². The maximum Gasteiger partial charge on any atom is 0.416 e. The Kier molecular flexibility index (Phi) is 7.78. The average Bonchev–Trinajstić information content (AvgIpc) is 3.13. The zero-order chi connectivity index (χ0) is 27.7. The topological polar surface area (TPSA) is 93.1 Å². The minimum atomic E-state index is -4.97. The second-order valence-corrected chi connectivity index (χ2v) is 9.15. The number of carbonyl (C=O) groups excluding carboxylic acids is 2. The van der Waals surface area contributed by atoms with Gasteiger partial charge in [-0.05, 0) is 47.6 Å². The van der Waals surface area contributed by atoms with Crippen molar-refractivity contribution in [2.45, 2.75) is 25.6 Å². The monoisotopic (exact) mass is 529 g/mol. The van der Waals surface area contributed by atoms with Gasteiger partial charge in [0.05, 0.1) is 17.9 Å². The van der Waals surface area contributed by atoms with Gasteiger partial charge in [0.15, 0.2) is 5.60 Å². The van der Waals surface area contributed by atoms with E-state index in [1.54, 1.807) is 18.2 Å². The Balaban J connectivity index is 1.96. The molecule has 1 unspecified atom stereocenters. The molecular weight excluding hydrogens is 499 g/mol. The number of amides is 2. The second kappa shape index (κ2) is 10.7. The van der Waals surface area contributed by atoms with Gasteiger partial charge >= 0.3 is 6.18 Å². The molecule has 0 radical (unpaired) electrons. The first kappa shape index (κ1) is 27.6. The van der Waals surface area contributed by atoms with Gasteiger partial charge in [0.2, 0.25) is 0 Å². The quantitative estimate of drug-likeness (QED) is 0.395. The zero-order valence-corrected chi connectivity index (χ0v) is 21.2. The van der Waals surface area contributed by atoms with Gasteiger partial charge < -0.3 is 25.3 Å². The summed E-state index contributed by atoms with van der Waals surface area (Å²) in [6, 6.07) is 13.6. The summed E-state index contributed by atoms with van der Waals surface area (Å²) in [7, 11) is 0. The van der Waals surface area contributed by atoms with Crippen molar-refractivity contribution in [3.8, 4) is 0 Å². The number of nitrogens with one attached hydrogen (secondary N) is 1. The van der Waals surface area contributed by atoms with Crippen LogP contribution in [-0.4, -0.2) is 66.3 Å². The van der Waals surface area contributed by atoms with Crippen molar-refractivity contribution in [1.29, 1.82) is 0 Å². The Hall–Kier alpha value is -3.47. The summed E-state index contributed by atoms with van der Waals surface area (Å²) in [5.74, 6) is -1.74. The predicted octanol–water partition coefficient (Wildman–Crippen LogP) is 3.51. The van der Waals surface area contributed by atoms with Crippen LogP contribution in [0.15, 0.2) is 54.6 Å². The summed E-state index contributed by atoms with van der Waals surface area (Å²) in [6.45, 7) is 5.02.